The molecule has 0 atom stereocenters. The molecule has 0 fully saturated rings. The molecule has 0 aliphatic heterocycles. The van der Waals surface area contributed by atoms with Crippen LogP contribution < -0.4 is 9.80 Å². The maximum absolute atomic E-state index is 6.29. The number of fused-ring (bicyclic) bond motifs is 14. The molecule has 0 spiro atoms. The van der Waals surface area contributed by atoms with E-state index in [4.69, 9.17) is 8.83 Å². The van der Waals surface area contributed by atoms with Crippen LogP contribution in [-0.2, 0) is 0 Å². The van der Waals surface area contributed by atoms with Gasteiger partial charge in [0, 0.05) is 99.7 Å². The lowest BCUT2D eigenvalue weighted by atomic mass is 10.0. The van der Waals surface area contributed by atoms with Gasteiger partial charge in [-0.15, -0.1) is 0 Å². The van der Waals surface area contributed by atoms with E-state index in [1.165, 1.54) is 43.4 Å². The molecule has 92 heavy (non-hydrogen) atoms. The monoisotopic (exact) mass is 1170 g/mol. The number of para-hydroxylation sites is 6. The van der Waals surface area contributed by atoms with E-state index >= 15 is 0 Å². The Labute approximate surface area is 529 Å². The lowest BCUT2D eigenvalue weighted by Gasteiger charge is -2.26. The van der Waals surface area contributed by atoms with Crippen molar-refractivity contribution in [3.05, 3.63) is 328 Å². The highest BCUT2D eigenvalue weighted by molar-refractivity contribution is 6.26. The van der Waals surface area contributed by atoms with E-state index in [9.17, 15) is 0 Å². The van der Waals surface area contributed by atoms with Crippen LogP contribution >= 0.6 is 0 Å². The molecular formula is C86H54N4O2. The topological polar surface area (TPSA) is 42.6 Å². The van der Waals surface area contributed by atoms with Crippen LogP contribution in [0.15, 0.2) is 336 Å². The van der Waals surface area contributed by atoms with Crippen molar-refractivity contribution in [2.24, 2.45) is 0 Å². The van der Waals surface area contributed by atoms with Crippen LogP contribution in [0.2, 0.25) is 0 Å². The van der Waals surface area contributed by atoms with Gasteiger partial charge in [0.2, 0.25) is 0 Å². The first-order valence-electron chi connectivity index (χ1n) is 31.4. The summed E-state index contributed by atoms with van der Waals surface area (Å²) in [5, 5.41) is 16.3. The Morgan fingerprint density at radius 1 is 0.217 bits per heavy atom. The second kappa shape index (κ2) is 20.6. The fourth-order valence-electron chi connectivity index (χ4n) is 14.5. The van der Waals surface area contributed by atoms with Gasteiger partial charge < -0.3 is 27.8 Å². The van der Waals surface area contributed by atoms with Gasteiger partial charge in [-0.2, -0.15) is 0 Å². The van der Waals surface area contributed by atoms with Crippen molar-refractivity contribution in [1.29, 1.82) is 0 Å². The Morgan fingerprint density at radius 2 is 0.565 bits per heavy atom. The molecule has 0 amide bonds. The van der Waals surface area contributed by atoms with E-state index in [1.54, 1.807) is 0 Å². The molecule has 6 nitrogen and oxygen atoms in total. The smallest absolute Gasteiger partial charge is 0.135 e. The number of aromatic nitrogens is 2. The van der Waals surface area contributed by atoms with Crippen LogP contribution in [0.5, 0.6) is 0 Å². The zero-order valence-electron chi connectivity index (χ0n) is 49.8. The van der Waals surface area contributed by atoms with E-state index in [0.29, 0.717) is 0 Å². The summed E-state index contributed by atoms with van der Waals surface area (Å²) in [5.74, 6) is 1.74. The molecule has 19 aromatic rings. The highest BCUT2D eigenvalue weighted by atomic mass is 16.3. The molecule has 0 aliphatic carbocycles. The van der Waals surface area contributed by atoms with Gasteiger partial charge in [0.15, 0.2) is 0 Å². The van der Waals surface area contributed by atoms with Gasteiger partial charge in [0.25, 0.3) is 0 Å². The van der Waals surface area contributed by atoms with Crippen molar-refractivity contribution >= 4 is 143 Å². The van der Waals surface area contributed by atoms with Crippen molar-refractivity contribution in [2.45, 2.75) is 0 Å². The van der Waals surface area contributed by atoms with Crippen LogP contribution in [0, 0.1) is 0 Å². The average Bonchev–Trinajstić information content (AvgIpc) is 1.54. The minimum absolute atomic E-state index is 0.869. The fraction of sp³-hybridized carbons (Fsp3) is 0. The van der Waals surface area contributed by atoms with Crippen molar-refractivity contribution < 1.29 is 8.83 Å². The average molecular weight is 1180 g/mol. The van der Waals surface area contributed by atoms with Gasteiger partial charge in [0.05, 0.1) is 22.1 Å². The van der Waals surface area contributed by atoms with Gasteiger partial charge in [-0.05, 0) is 178 Å². The predicted octanol–water partition coefficient (Wildman–Crippen LogP) is 24.3. The number of rotatable bonds is 10. The van der Waals surface area contributed by atoms with Crippen LogP contribution in [0.25, 0.3) is 143 Å². The third-order valence-corrected chi connectivity index (χ3v) is 18.7. The van der Waals surface area contributed by atoms with Crippen LogP contribution in [0.4, 0.5) is 34.1 Å². The Bertz CT molecular complexity index is 5700. The van der Waals surface area contributed by atoms with Crippen LogP contribution in [-0.4, -0.2) is 9.13 Å². The minimum atomic E-state index is 0.869. The summed E-state index contributed by atoms with van der Waals surface area (Å²) in [7, 11) is 0. The zero-order valence-corrected chi connectivity index (χ0v) is 49.8. The zero-order chi connectivity index (χ0) is 60.4. The summed E-state index contributed by atoms with van der Waals surface area (Å²) in [6.07, 6.45) is 0. The number of anilines is 6. The number of nitrogens with zero attached hydrogens (tertiary/aromatic N) is 4. The fourth-order valence-corrected chi connectivity index (χ4v) is 14.5. The normalized spacial score (nSPS) is 11.9. The van der Waals surface area contributed by atoms with Gasteiger partial charge in [-0.3, -0.25) is 0 Å². The maximum Gasteiger partial charge on any atom is 0.135 e. The lowest BCUT2D eigenvalue weighted by molar-refractivity contribution is 0.631. The number of furan rings is 2. The summed E-state index contributed by atoms with van der Waals surface area (Å²) in [6, 6.07) is 119. The molecule has 430 valence electrons. The largest absolute Gasteiger partial charge is 0.456 e. The molecule has 0 saturated carbocycles. The second-order valence-electron chi connectivity index (χ2n) is 24.1. The van der Waals surface area contributed by atoms with E-state index in [-0.39, 0.29) is 0 Å². The SMILES string of the molecule is c1ccc(N(c2ccc3cc(-c4cc5ccccc5o4)ccc3c2)c2ccc3c(ccc4c5cc6c7ccc8cc(N(c9ccccc9)c9ccc%10cc(-c%11cc%12ccccc%12o%11)ccc%10c9)ccc8c7n(-c7ccccc7)c6cc5n(-c5ccccc5)c34)c2)cc1. The van der Waals surface area contributed by atoms with Crippen LogP contribution in [0.3, 0.4) is 0 Å². The number of hydrogen-bond acceptors (Lipinski definition) is 4. The molecule has 4 heterocycles. The lowest BCUT2D eigenvalue weighted by Crippen LogP contribution is -2.09. The van der Waals surface area contributed by atoms with Gasteiger partial charge in [-0.1, -0.05) is 182 Å². The molecule has 0 aliphatic rings. The molecule has 0 bridgehead atoms. The minimum Gasteiger partial charge on any atom is -0.456 e. The Balaban J connectivity index is 0.747. The summed E-state index contributed by atoms with van der Waals surface area (Å²) in [4.78, 5) is 4.75. The first-order chi connectivity index (χ1) is 45.6. The van der Waals surface area contributed by atoms with Gasteiger partial charge >= 0.3 is 0 Å². The molecule has 0 radical (unpaired) electrons. The molecule has 19 rings (SSSR count). The third kappa shape index (κ3) is 8.35. The van der Waals surface area contributed by atoms with E-state index in [2.05, 4.69) is 322 Å². The molecule has 4 aromatic heterocycles. The summed E-state index contributed by atoms with van der Waals surface area (Å²) >= 11 is 0. The molecule has 0 N–H and O–H groups in total. The highest BCUT2D eigenvalue weighted by Crippen LogP contribution is 2.47. The van der Waals surface area contributed by atoms with Crippen molar-refractivity contribution in [3.8, 4) is 34.0 Å². The standard InChI is InChI=1S/C86H54N4O2/c1-5-19-65(20-6-1)87(69-37-33-55-45-63(31-29-57(55)47-69)83-51-61-17-13-15-27-81(61)91-83)71-39-43-73-59(49-71)35-41-75-77-53-78-76-42-36-60-50-72(40-44-74(60)86(76)90(68-25-11-4-12-26-68)80(78)54-79(77)89(85(73)75)67-23-9-3-10-24-67)88(66-21-7-2-8-22-66)70-38-34-56-46-64(32-30-58(56)48-70)84-52-62-18-14-16-28-82(62)92-84/h1-54H. The highest BCUT2D eigenvalue weighted by Gasteiger charge is 2.24. The molecule has 0 unspecified atom stereocenters. The first-order valence-corrected chi connectivity index (χ1v) is 31.4. The molecule has 6 heteroatoms. The number of hydrogen-bond donors (Lipinski definition) is 0. The van der Waals surface area contributed by atoms with Crippen molar-refractivity contribution in [2.75, 3.05) is 9.80 Å². The van der Waals surface area contributed by atoms with Crippen molar-refractivity contribution in [3.63, 3.8) is 0 Å². The van der Waals surface area contributed by atoms with Crippen molar-refractivity contribution in [1.82, 2.24) is 9.13 Å². The molecule has 0 saturated heterocycles. The molecular weight excluding hydrogens is 1120 g/mol. The van der Waals surface area contributed by atoms with Gasteiger partial charge in [-0.25, -0.2) is 0 Å². The second-order valence-corrected chi connectivity index (χ2v) is 24.1. The third-order valence-electron chi connectivity index (χ3n) is 18.7. The Hall–Kier alpha value is -12.4. The maximum atomic E-state index is 6.29. The molecule has 15 aromatic carbocycles. The van der Waals surface area contributed by atoms with E-state index < -0.39 is 0 Å². The van der Waals surface area contributed by atoms with E-state index in [1.807, 2.05) is 24.3 Å². The first kappa shape index (κ1) is 51.6. The summed E-state index contributed by atoms with van der Waals surface area (Å²) in [6.45, 7) is 0. The predicted molar refractivity (Wildman–Crippen MR) is 385 cm³/mol. The van der Waals surface area contributed by atoms with E-state index in [0.717, 1.165) is 133 Å². The number of benzene rings is 15. The van der Waals surface area contributed by atoms with Crippen LogP contribution in [0.1, 0.15) is 0 Å². The van der Waals surface area contributed by atoms with Gasteiger partial charge in [0.1, 0.15) is 22.7 Å². The summed E-state index contributed by atoms with van der Waals surface area (Å²) in [5.41, 5.74) is 17.2. The Morgan fingerprint density at radius 3 is 1.00 bits per heavy atom. The quantitative estimate of drug-likeness (QED) is 0.137. The Kier molecular flexibility index (Phi) is 11.6. The summed E-state index contributed by atoms with van der Waals surface area (Å²) < 4.78 is 17.6.